The molecule has 5 heterocycles. The van der Waals surface area contributed by atoms with Crippen molar-refractivity contribution in [2.24, 2.45) is 5.92 Å². The fourth-order valence-electron chi connectivity index (χ4n) is 9.65. The molecule has 4 atom stereocenters. The first kappa shape index (κ1) is 47.3. The third-order valence-electron chi connectivity index (χ3n) is 13.1. The Labute approximate surface area is 392 Å². The lowest BCUT2D eigenvalue weighted by Gasteiger charge is -2.33. The number of hydrogen-bond acceptors (Lipinski definition) is 11. The molecule has 3 N–H and O–H groups in total. The minimum atomic E-state index is -0.728. The van der Waals surface area contributed by atoms with Gasteiger partial charge in [-0.1, -0.05) is 56.3 Å². The van der Waals surface area contributed by atoms with Gasteiger partial charge in [-0.3, -0.25) is 14.5 Å². The van der Waals surface area contributed by atoms with E-state index in [0.29, 0.717) is 56.8 Å². The molecule has 0 bridgehead atoms. The maximum absolute atomic E-state index is 14.5. The van der Waals surface area contributed by atoms with Crippen LogP contribution in [0.5, 0.6) is 11.5 Å². The van der Waals surface area contributed by atoms with Crippen LogP contribution < -0.4 is 14.8 Å². The quantitative estimate of drug-likeness (QED) is 0.0692. The van der Waals surface area contributed by atoms with Crippen molar-refractivity contribution in [3.63, 3.8) is 0 Å². The van der Waals surface area contributed by atoms with E-state index in [9.17, 15) is 14.4 Å². The number of carbonyl (C=O) groups is 3. The number of H-pyrrole nitrogens is 2. The minimum absolute atomic E-state index is 0.132. The number of likely N-dealkylation sites (tertiary alicyclic amines) is 3. The zero-order valence-electron chi connectivity index (χ0n) is 39.3. The number of nitrogens with zero attached hydrogens (tertiary/aromatic N) is 5. The van der Waals surface area contributed by atoms with E-state index in [1.165, 1.54) is 7.11 Å². The number of benzene rings is 3. The van der Waals surface area contributed by atoms with E-state index >= 15 is 0 Å². The number of alkyl carbamates (subject to hydrolysis) is 1. The monoisotopic (exact) mass is 916 g/mol. The summed E-state index contributed by atoms with van der Waals surface area (Å²) in [5.41, 5.74) is 5.99. The summed E-state index contributed by atoms with van der Waals surface area (Å²) >= 11 is 0. The second-order valence-electron chi connectivity index (χ2n) is 17.8. The van der Waals surface area contributed by atoms with Gasteiger partial charge in [0.15, 0.2) is 0 Å². The normalized spacial score (nSPS) is 18.4. The highest BCUT2D eigenvalue weighted by Crippen LogP contribution is 2.42. The summed E-state index contributed by atoms with van der Waals surface area (Å²) in [7, 11) is 4.57. The summed E-state index contributed by atoms with van der Waals surface area (Å²) in [5, 5.41) is 2.71. The topological polar surface area (TPSA) is 176 Å². The zero-order valence-corrected chi connectivity index (χ0v) is 39.3. The van der Waals surface area contributed by atoms with Crippen LogP contribution in [0.3, 0.4) is 0 Å². The van der Waals surface area contributed by atoms with Crippen molar-refractivity contribution in [1.29, 1.82) is 0 Å². The molecule has 67 heavy (non-hydrogen) atoms. The summed E-state index contributed by atoms with van der Waals surface area (Å²) in [6.07, 6.45) is 8.47. The van der Waals surface area contributed by atoms with Crippen LogP contribution in [-0.4, -0.2) is 133 Å². The molecule has 3 aromatic carbocycles. The molecular weight excluding hydrogens is 853 g/mol. The van der Waals surface area contributed by atoms with Crippen LogP contribution in [0.25, 0.3) is 33.6 Å². The van der Waals surface area contributed by atoms with E-state index in [1.54, 1.807) is 25.3 Å². The first-order valence-corrected chi connectivity index (χ1v) is 23.6. The molecule has 356 valence electrons. The summed E-state index contributed by atoms with van der Waals surface area (Å²) < 4.78 is 28.4. The first-order chi connectivity index (χ1) is 32.7. The number of methoxy groups -OCH3 is 3. The van der Waals surface area contributed by atoms with Gasteiger partial charge in [0.1, 0.15) is 48.4 Å². The van der Waals surface area contributed by atoms with Crippen molar-refractivity contribution in [2.45, 2.75) is 76.5 Å². The predicted molar refractivity (Wildman–Crippen MR) is 253 cm³/mol. The maximum atomic E-state index is 14.5. The lowest BCUT2D eigenvalue weighted by atomic mass is 9.98. The lowest BCUT2D eigenvalue weighted by Crippen LogP contribution is -2.51. The Bertz CT molecular complexity index is 2450. The molecule has 0 spiro atoms. The molecule has 3 fully saturated rings. The van der Waals surface area contributed by atoms with Gasteiger partial charge in [0.05, 0.1) is 56.2 Å². The number of hydrogen-bond donors (Lipinski definition) is 3. The molecule has 0 aliphatic carbocycles. The number of carbonyl (C=O) groups excluding carboxylic acids is 3. The molecule has 3 aliphatic heterocycles. The Morgan fingerprint density at radius 3 is 1.69 bits per heavy atom. The number of aromatic amines is 2. The first-order valence-electron chi connectivity index (χ1n) is 23.6. The molecule has 0 radical (unpaired) electrons. The van der Waals surface area contributed by atoms with Gasteiger partial charge < -0.3 is 48.8 Å². The predicted octanol–water partition coefficient (Wildman–Crippen LogP) is 7.73. The molecule has 0 saturated carbocycles. The van der Waals surface area contributed by atoms with Crippen molar-refractivity contribution >= 4 is 17.9 Å². The van der Waals surface area contributed by atoms with Crippen LogP contribution >= 0.6 is 0 Å². The Balaban J connectivity index is 1.05. The molecule has 5 aromatic rings. The average molecular weight is 917 g/mol. The summed E-state index contributed by atoms with van der Waals surface area (Å²) in [4.78, 5) is 63.3. The van der Waals surface area contributed by atoms with Gasteiger partial charge in [-0.15, -0.1) is 0 Å². The third kappa shape index (κ3) is 10.7. The molecule has 0 unspecified atom stereocenters. The molecule has 16 nitrogen and oxygen atoms in total. The molecule has 16 heteroatoms. The minimum Gasteiger partial charge on any atom is -0.491 e. The highest BCUT2D eigenvalue weighted by Gasteiger charge is 2.40. The van der Waals surface area contributed by atoms with Crippen LogP contribution in [0, 0.1) is 5.92 Å². The molecule has 3 amide bonds. The van der Waals surface area contributed by atoms with E-state index in [2.05, 4.69) is 32.3 Å². The summed E-state index contributed by atoms with van der Waals surface area (Å²) in [6, 6.07) is 20.8. The van der Waals surface area contributed by atoms with Crippen LogP contribution in [0.2, 0.25) is 0 Å². The van der Waals surface area contributed by atoms with Gasteiger partial charge in [-0.05, 0) is 87.4 Å². The largest absolute Gasteiger partial charge is 0.491 e. The third-order valence-corrected chi connectivity index (χ3v) is 13.1. The Kier molecular flexibility index (Phi) is 15.6. The number of ether oxygens (including phenoxy) is 5. The molecular formula is C51H64N8O8. The maximum Gasteiger partial charge on any atom is 0.407 e. The van der Waals surface area contributed by atoms with Crippen LogP contribution in [0.15, 0.2) is 79.1 Å². The lowest BCUT2D eigenvalue weighted by molar-refractivity contribution is -0.138. The van der Waals surface area contributed by atoms with Crippen LogP contribution in [0.4, 0.5) is 4.79 Å². The highest BCUT2D eigenvalue weighted by atomic mass is 16.5. The van der Waals surface area contributed by atoms with E-state index in [-0.39, 0.29) is 35.9 Å². The summed E-state index contributed by atoms with van der Waals surface area (Å²) in [6.45, 7) is 8.30. The molecule has 3 saturated heterocycles. The highest BCUT2D eigenvalue weighted by molar-refractivity contribution is 5.87. The molecule has 2 aromatic heterocycles. The fourth-order valence-corrected chi connectivity index (χ4v) is 9.65. The van der Waals surface area contributed by atoms with E-state index < -0.39 is 12.1 Å². The average Bonchev–Trinajstić information content (AvgIpc) is 4.21. The standard InChI is InChI=1S/C51H64N8O8/c1-33(2)45(56-51(62)65-5)49(60)58-23-11-15-41(58)47-52-31-39(54-47)35-17-19-37(43(29-35)66-27-25-63-3)38-20-18-36(30-44(38)67-28-26-64-4)40-32-53-48(55-40)42-16-12-24-59(42)50(61)46(57-21-9-10-22-57)34-13-7-6-8-14-34/h6-8,13-14,17-20,29-33,41-42,45-46H,9-12,15-16,21-28H2,1-5H3,(H,52,54)(H,53,55)(H,56,62)/t41-,42-,45-,46+/m0/s1. The smallest absolute Gasteiger partial charge is 0.407 e. The molecule has 8 rings (SSSR count). The molecule has 3 aliphatic rings. The van der Waals surface area contributed by atoms with Crippen molar-refractivity contribution in [1.82, 2.24) is 40.0 Å². The zero-order chi connectivity index (χ0) is 46.9. The van der Waals surface area contributed by atoms with Gasteiger partial charge in [-0.2, -0.15) is 0 Å². The Hall–Kier alpha value is -6.23. The number of amides is 3. The van der Waals surface area contributed by atoms with E-state index in [1.807, 2.05) is 79.5 Å². The van der Waals surface area contributed by atoms with Crippen LogP contribution in [-0.2, 0) is 23.8 Å². The summed E-state index contributed by atoms with van der Waals surface area (Å²) in [5.74, 6) is 2.53. The van der Waals surface area contributed by atoms with Crippen LogP contribution in [0.1, 0.15) is 87.7 Å². The fraction of sp³-hybridized carbons (Fsp3) is 0.471. The SMILES string of the molecule is COCCOc1cc(-c2cnc([C@@H]3CCCN3C(=O)[C@@H](NC(=O)OC)C(C)C)[nH]2)ccc1-c1ccc(-c2cnc([C@@H]3CCCN3C(=O)[C@@H](c3ccccc3)N3CCCC3)[nH]2)cc1OCCOC. The Morgan fingerprint density at radius 2 is 1.19 bits per heavy atom. The number of aromatic nitrogens is 4. The van der Waals surface area contributed by atoms with Crippen molar-refractivity contribution < 1.29 is 38.1 Å². The Morgan fingerprint density at radius 1 is 0.672 bits per heavy atom. The second kappa shape index (κ2) is 22.0. The van der Waals surface area contributed by atoms with Gasteiger partial charge in [0, 0.05) is 49.6 Å². The van der Waals surface area contributed by atoms with Gasteiger partial charge in [0.25, 0.3) is 0 Å². The number of imidazole rings is 2. The van der Waals surface area contributed by atoms with Gasteiger partial charge >= 0.3 is 6.09 Å². The van der Waals surface area contributed by atoms with E-state index in [0.717, 1.165) is 96.6 Å². The van der Waals surface area contributed by atoms with Gasteiger partial charge in [-0.25, -0.2) is 14.8 Å². The van der Waals surface area contributed by atoms with Gasteiger partial charge in [0.2, 0.25) is 11.8 Å². The van der Waals surface area contributed by atoms with E-state index in [4.69, 9.17) is 33.7 Å². The number of nitrogens with one attached hydrogen (secondary N) is 3. The van der Waals surface area contributed by atoms with Crippen molar-refractivity contribution in [3.05, 3.63) is 96.3 Å². The van der Waals surface area contributed by atoms with Crippen molar-refractivity contribution in [3.8, 4) is 45.1 Å². The van der Waals surface area contributed by atoms with Crippen molar-refractivity contribution in [2.75, 3.05) is 73.9 Å². The number of rotatable bonds is 19. The second-order valence-corrected chi connectivity index (χ2v) is 17.8.